The molecule has 1 aromatic rings. The number of nitrogens with one attached hydrogen (secondary N) is 1. The lowest BCUT2D eigenvalue weighted by molar-refractivity contribution is -0.123. The van der Waals surface area contributed by atoms with Crippen LogP contribution in [0, 0.1) is 5.92 Å². The molecule has 2 rings (SSSR count). The Morgan fingerprint density at radius 2 is 1.91 bits per heavy atom. The lowest BCUT2D eigenvalue weighted by Gasteiger charge is -2.28. The van der Waals surface area contributed by atoms with E-state index in [1.807, 2.05) is 30.3 Å². The van der Waals surface area contributed by atoms with E-state index in [9.17, 15) is 9.90 Å². The van der Waals surface area contributed by atoms with Crippen LogP contribution < -0.4 is 5.32 Å². The van der Waals surface area contributed by atoms with Crippen LogP contribution in [0.5, 0.6) is 0 Å². The number of carbonyl (C=O) groups excluding carboxylic acids is 1. The molecular formula is C18H27NO3. The summed E-state index contributed by atoms with van der Waals surface area (Å²) in [6.45, 7) is 1.97. The van der Waals surface area contributed by atoms with E-state index in [0.29, 0.717) is 18.4 Å². The summed E-state index contributed by atoms with van der Waals surface area (Å²) in [5.74, 6) is 0.463. The number of hydrogen-bond acceptors (Lipinski definition) is 3. The number of benzene rings is 1. The molecule has 1 aliphatic rings. The number of hydrogen-bond donors (Lipinski definition) is 2. The Kier molecular flexibility index (Phi) is 5.98. The highest BCUT2D eigenvalue weighted by atomic mass is 16.5. The highest BCUT2D eigenvalue weighted by Gasteiger charge is 2.26. The van der Waals surface area contributed by atoms with Crippen molar-refractivity contribution < 1.29 is 14.6 Å². The lowest BCUT2D eigenvalue weighted by Crippen LogP contribution is -2.39. The third kappa shape index (κ3) is 4.82. The maximum Gasteiger partial charge on any atom is 0.220 e. The normalized spacial score (nSPS) is 24.5. The van der Waals surface area contributed by atoms with Crippen LogP contribution in [-0.4, -0.2) is 30.8 Å². The van der Waals surface area contributed by atoms with Crippen LogP contribution >= 0.6 is 0 Å². The molecule has 122 valence electrons. The van der Waals surface area contributed by atoms with Crippen LogP contribution in [0.3, 0.4) is 0 Å². The van der Waals surface area contributed by atoms with Gasteiger partial charge in [0.05, 0.1) is 12.6 Å². The van der Waals surface area contributed by atoms with E-state index < -0.39 is 5.60 Å². The Labute approximate surface area is 132 Å². The van der Waals surface area contributed by atoms with Crippen molar-refractivity contribution in [2.24, 2.45) is 5.92 Å². The molecule has 1 amide bonds. The summed E-state index contributed by atoms with van der Waals surface area (Å²) in [5, 5.41) is 13.3. The van der Waals surface area contributed by atoms with Crippen molar-refractivity contribution in [2.75, 3.05) is 13.7 Å². The van der Waals surface area contributed by atoms with Crippen LogP contribution in [0.1, 0.15) is 44.6 Å². The molecule has 4 heteroatoms. The predicted octanol–water partition coefficient (Wildman–Crippen LogP) is 2.61. The van der Waals surface area contributed by atoms with Gasteiger partial charge in [0.2, 0.25) is 5.91 Å². The molecule has 0 radical (unpaired) electrons. The minimum absolute atomic E-state index is 0.0251. The molecule has 0 bridgehead atoms. The number of carbonyl (C=O) groups is 1. The number of methoxy groups -OCH3 is 1. The van der Waals surface area contributed by atoms with E-state index >= 15 is 0 Å². The van der Waals surface area contributed by atoms with Crippen molar-refractivity contribution in [3.05, 3.63) is 35.9 Å². The summed E-state index contributed by atoms with van der Waals surface area (Å²) in [6, 6.07) is 9.44. The van der Waals surface area contributed by atoms with Crippen LogP contribution in [0.4, 0.5) is 0 Å². The maximum absolute atomic E-state index is 12.1. The molecular weight excluding hydrogens is 278 g/mol. The zero-order valence-electron chi connectivity index (χ0n) is 13.5. The number of amides is 1. The molecule has 1 unspecified atom stereocenters. The SMILES string of the molecule is COC1CCC(CC(=O)NCC(C)(O)c2ccccc2)CC1. The zero-order valence-corrected chi connectivity index (χ0v) is 13.5. The van der Waals surface area contributed by atoms with E-state index in [4.69, 9.17) is 4.74 Å². The first-order valence-corrected chi connectivity index (χ1v) is 8.08. The monoisotopic (exact) mass is 305 g/mol. The molecule has 1 aliphatic carbocycles. The molecule has 1 aromatic carbocycles. The Hall–Kier alpha value is -1.39. The zero-order chi connectivity index (χ0) is 16.0. The van der Waals surface area contributed by atoms with Gasteiger partial charge in [0, 0.05) is 13.5 Å². The molecule has 0 aliphatic heterocycles. The largest absolute Gasteiger partial charge is 0.384 e. The molecule has 1 fully saturated rings. The third-order valence-electron chi connectivity index (χ3n) is 4.63. The Balaban J connectivity index is 1.76. The Morgan fingerprint density at radius 3 is 2.50 bits per heavy atom. The molecule has 22 heavy (non-hydrogen) atoms. The van der Waals surface area contributed by atoms with E-state index in [2.05, 4.69) is 5.32 Å². The average molecular weight is 305 g/mol. The predicted molar refractivity (Wildman–Crippen MR) is 86.4 cm³/mol. The molecule has 2 N–H and O–H groups in total. The highest BCUT2D eigenvalue weighted by Crippen LogP contribution is 2.28. The Morgan fingerprint density at radius 1 is 1.27 bits per heavy atom. The van der Waals surface area contributed by atoms with Gasteiger partial charge in [0.1, 0.15) is 5.60 Å². The quantitative estimate of drug-likeness (QED) is 0.849. The number of ether oxygens (including phenoxy) is 1. The first-order chi connectivity index (χ1) is 10.5. The van der Waals surface area contributed by atoms with Crippen molar-refractivity contribution in [1.82, 2.24) is 5.32 Å². The minimum atomic E-state index is -1.04. The van der Waals surface area contributed by atoms with Crippen LogP contribution in [0.25, 0.3) is 0 Å². The van der Waals surface area contributed by atoms with E-state index in [-0.39, 0.29) is 12.5 Å². The lowest BCUT2D eigenvalue weighted by atomic mass is 9.85. The summed E-state index contributed by atoms with van der Waals surface area (Å²) in [7, 11) is 1.75. The van der Waals surface area contributed by atoms with Gasteiger partial charge in [-0.25, -0.2) is 0 Å². The van der Waals surface area contributed by atoms with E-state index in [0.717, 1.165) is 31.2 Å². The molecule has 0 heterocycles. The molecule has 0 saturated heterocycles. The fourth-order valence-corrected chi connectivity index (χ4v) is 3.08. The van der Waals surface area contributed by atoms with Gasteiger partial charge in [0.25, 0.3) is 0 Å². The standard InChI is InChI=1S/C18H27NO3/c1-18(21,15-6-4-3-5-7-15)13-19-17(20)12-14-8-10-16(22-2)11-9-14/h3-7,14,16,21H,8-13H2,1-2H3,(H,19,20). The maximum atomic E-state index is 12.1. The number of aliphatic hydroxyl groups is 1. The molecule has 0 spiro atoms. The molecule has 1 atom stereocenters. The van der Waals surface area contributed by atoms with Crippen molar-refractivity contribution in [1.29, 1.82) is 0 Å². The van der Waals surface area contributed by atoms with Crippen LogP contribution in [0.2, 0.25) is 0 Å². The van der Waals surface area contributed by atoms with Gasteiger partial charge in [-0.05, 0) is 44.1 Å². The second-order valence-electron chi connectivity index (χ2n) is 6.50. The first kappa shape index (κ1) is 17.0. The van der Waals surface area contributed by atoms with Gasteiger partial charge >= 0.3 is 0 Å². The minimum Gasteiger partial charge on any atom is -0.384 e. The summed E-state index contributed by atoms with van der Waals surface area (Å²) in [4.78, 5) is 12.1. The van der Waals surface area contributed by atoms with Gasteiger partial charge in [-0.3, -0.25) is 4.79 Å². The van der Waals surface area contributed by atoms with Crippen molar-refractivity contribution >= 4 is 5.91 Å². The summed E-state index contributed by atoms with van der Waals surface area (Å²) >= 11 is 0. The molecule has 0 aromatic heterocycles. The summed E-state index contributed by atoms with van der Waals surface area (Å²) < 4.78 is 5.35. The first-order valence-electron chi connectivity index (χ1n) is 8.08. The van der Waals surface area contributed by atoms with Gasteiger partial charge in [0.15, 0.2) is 0 Å². The third-order valence-corrected chi connectivity index (χ3v) is 4.63. The topological polar surface area (TPSA) is 58.6 Å². The molecule has 1 saturated carbocycles. The van der Waals surface area contributed by atoms with Gasteiger partial charge in [-0.2, -0.15) is 0 Å². The van der Waals surface area contributed by atoms with Gasteiger partial charge < -0.3 is 15.2 Å². The fraction of sp³-hybridized carbons (Fsp3) is 0.611. The number of rotatable bonds is 6. The van der Waals surface area contributed by atoms with Crippen LogP contribution in [-0.2, 0) is 15.1 Å². The van der Waals surface area contributed by atoms with Gasteiger partial charge in [-0.1, -0.05) is 30.3 Å². The van der Waals surface area contributed by atoms with E-state index in [1.165, 1.54) is 0 Å². The highest BCUT2D eigenvalue weighted by molar-refractivity contribution is 5.76. The average Bonchev–Trinajstić information content (AvgIpc) is 2.55. The summed E-state index contributed by atoms with van der Waals surface area (Å²) in [6.07, 6.45) is 5.06. The summed E-state index contributed by atoms with van der Waals surface area (Å²) in [5.41, 5.74) is -0.221. The van der Waals surface area contributed by atoms with Crippen molar-refractivity contribution in [3.8, 4) is 0 Å². The smallest absolute Gasteiger partial charge is 0.220 e. The van der Waals surface area contributed by atoms with E-state index in [1.54, 1.807) is 14.0 Å². The Bertz CT molecular complexity index is 464. The second kappa shape index (κ2) is 7.75. The van der Waals surface area contributed by atoms with Crippen molar-refractivity contribution in [2.45, 2.75) is 50.7 Å². The van der Waals surface area contributed by atoms with Crippen LogP contribution in [0.15, 0.2) is 30.3 Å². The fourth-order valence-electron chi connectivity index (χ4n) is 3.08. The van der Waals surface area contributed by atoms with Crippen molar-refractivity contribution in [3.63, 3.8) is 0 Å². The van der Waals surface area contributed by atoms with Gasteiger partial charge in [-0.15, -0.1) is 0 Å². The molecule has 4 nitrogen and oxygen atoms in total. The second-order valence-corrected chi connectivity index (χ2v) is 6.50.